The molecule has 108 valence electrons. The van der Waals surface area contributed by atoms with Crippen LogP contribution in [0.1, 0.15) is 12.0 Å². The number of β-amino-alcohol motifs (C(OH)–C–C–N with tert-alkyl or cyclic N) is 1. The molecule has 2 atom stereocenters. The number of carbonyl (C=O) groups is 2. The molecule has 0 spiro atoms. The number of urea groups is 1. The van der Waals surface area contributed by atoms with Crippen molar-refractivity contribution in [1.29, 1.82) is 0 Å². The van der Waals surface area contributed by atoms with E-state index < -0.39 is 24.1 Å². The molecule has 2 rings (SSSR count). The topological polar surface area (TPSA) is 89.9 Å². The summed E-state index contributed by atoms with van der Waals surface area (Å²) in [7, 11) is 0. The Labute approximate surface area is 124 Å². The SMILES string of the molecule is Cc1cc(NC(=O)N2CC(O)C[C@H]2C(=O)O)ccc1Br. The van der Waals surface area contributed by atoms with Crippen LogP contribution in [0.2, 0.25) is 0 Å². The summed E-state index contributed by atoms with van der Waals surface area (Å²) in [5.41, 5.74) is 1.54. The fourth-order valence-electron chi connectivity index (χ4n) is 2.19. The highest BCUT2D eigenvalue weighted by Gasteiger charge is 2.38. The highest BCUT2D eigenvalue weighted by atomic mass is 79.9. The normalized spacial score (nSPS) is 21.9. The minimum atomic E-state index is -1.11. The van der Waals surface area contributed by atoms with Gasteiger partial charge in [-0.15, -0.1) is 0 Å². The van der Waals surface area contributed by atoms with Gasteiger partial charge in [0.2, 0.25) is 0 Å². The molecular weight excluding hydrogens is 328 g/mol. The van der Waals surface area contributed by atoms with Crippen molar-refractivity contribution in [3.63, 3.8) is 0 Å². The molecule has 7 heteroatoms. The number of benzene rings is 1. The maximum absolute atomic E-state index is 12.1. The van der Waals surface area contributed by atoms with Crippen LogP contribution in [0.25, 0.3) is 0 Å². The predicted octanol–water partition coefficient (Wildman–Crippen LogP) is 1.81. The van der Waals surface area contributed by atoms with Crippen LogP contribution in [0.4, 0.5) is 10.5 Å². The molecule has 1 saturated heterocycles. The Morgan fingerprint density at radius 3 is 2.75 bits per heavy atom. The molecule has 2 amide bonds. The summed E-state index contributed by atoms with van der Waals surface area (Å²) in [4.78, 5) is 24.3. The maximum Gasteiger partial charge on any atom is 0.326 e. The van der Waals surface area contributed by atoms with Crippen LogP contribution in [-0.2, 0) is 4.79 Å². The molecule has 0 radical (unpaired) electrons. The number of carboxylic acid groups (broad SMARTS) is 1. The number of amides is 2. The van der Waals surface area contributed by atoms with Gasteiger partial charge < -0.3 is 20.4 Å². The van der Waals surface area contributed by atoms with Gasteiger partial charge in [-0.3, -0.25) is 0 Å². The molecule has 6 nitrogen and oxygen atoms in total. The number of likely N-dealkylation sites (tertiary alicyclic amines) is 1. The number of anilines is 1. The Hall–Kier alpha value is -1.60. The Morgan fingerprint density at radius 1 is 1.45 bits per heavy atom. The van der Waals surface area contributed by atoms with Crippen molar-refractivity contribution in [2.24, 2.45) is 0 Å². The van der Waals surface area contributed by atoms with Gasteiger partial charge >= 0.3 is 12.0 Å². The van der Waals surface area contributed by atoms with E-state index in [0.717, 1.165) is 14.9 Å². The molecule has 1 unspecified atom stereocenters. The van der Waals surface area contributed by atoms with E-state index in [9.17, 15) is 14.7 Å². The van der Waals surface area contributed by atoms with Crippen molar-refractivity contribution in [2.45, 2.75) is 25.5 Å². The van der Waals surface area contributed by atoms with E-state index in [0.29, 0.717) is 5.69 Å². The van der Waals surface area contributed by atoms with Gasteiger partial charge in [0, 0.05) is 23.1 Å². The first kappa shape index (κ1) is 14.8. The molecule has 1 aliphatic rings. The number of hydrogen-bond acceptors (Lipinski definition) is 3. The minimum Gasteiger partial charge on any atom is -0.480 e. The van der Waals surface area contributed by atoms with Gasteiger partial charge in [-0.1, -0.05) is 15.9 Å². The predicted molar refractivity (Wildman–Crippen MR) is 76.7 cm³/mol. The maximum atomic E-state index is 12.1. The first-order valence-electron chi connectivity index (χ1n) is 6.13. The number of aryl methyl sites for hydroxylation is 1. The number of rotatable bonds is 2. The highest BCUT2D eigenvalue weighted by Crippen LogP contribution is 2.22. The molecule has 1 aromatic carbocycles. The van der Waals surface area contributed by atoms with Crippen LogP contribution in [0.5, 0.6) is 0 Å². The van der Waals surface area contributed by atoms with Gasteiger partial charge in [0.05, 0.1) is 6.10 Å². The van der Waals surface area contributed by atoms with E-state index in [4.69, 9.17) is 5.11 Å². The molecule has 0 saturated carbocycles. The molecule has 1 aromatic rings. The zero-order chi connectivity index (χ0) is 14.9. The van der Waals surface area contributed by atoms with Gasteiger partial charge in [0.25, 0.3) is 0 Å². The van der Waals surface area contributed by atoms with Crippen molar-refractivity contribution < 1.29 is 19.8 Å². The van der Waals surface area contributed by atoms with E-state index in [1.54, 1.807) is 18.2 Å². The standard InChI is InChI=1S/C13H15BrN2O4/c1-7-4-8(2-3-10(7)14)15-13(20)16-6-9(17)5-11(16)12(18)19/h2-4,9,11,17H,5-6H2,1H3,(H,15,20)(H,18,19)/t9?,11-/m0/s1. The number of halogens is 1. The number of carboxylic acids is 1. The van der Waals surface area contributed by atoms with E-state index >= 15 is 0 Å². The highest BCUT2D eigenvalue weighted by molar-refractivity contribution is 9.10. The average Bonchev–Trinajstić information content (AvgIpc) is 2.76. The van der Waals surface area contributed by atoms with Gasteiger partial charge in [0.15, 0.2) is 0 Å². The Balaban J connectivity index is 2.11. The number of aliphatic carboxylic acids is 1. The zero-order valence-electron chi connectivity index (χ0n) is 10.8. The van der Waals surface area contributed by atoms with E-state index in [2.05, 4.69) is 21.2 Å². The van der Waals surface area contributed by atoms with E-state index in [-0.39, 0.29) is 13.0 Å². The van der Waals surface area contributed by atoms with Crippen LogP contribution < -0.4 is 5.32 Å². The summed E-state index contributed by atoms with van der Waals surface area (Å²) in [5.74, 6) is -1.11. The average molecular weight is 343 g/mol. The fraction of sp³-hybridized carbons (Fsp3) is 0.385. The number of nitrogens with zero attached hydrogens (tertiary/aromatic N) is 1. The molecule has 1 heterocycles. The second-order valence-corrected chi connectivity index (χ2v) is 5.64. The molecule has 0 bridgehead atoms. The number of carbonyl (C=O) groups excluding carboxylic acids is 1. The second-order valence-electron chi connectivity index (χ2n) is 4.79. The minimum absolute atomic E-state index is 0.0261. The zero-order valence-corrected chi connectivity index (χ0v) is 12.4. The summed E-state index contributed by atoms with van der Waals surface area (Å²) in [6.07, 6.45) is -0.740. The van der Waals surface area contributed by atoms with Crippen molar-refractivity contribution in [1.82, 2.24) is 4.90 Å². The van der Waals surface area contributed by atoms with Crippen molar-refractivity contribution in [2.75, 3.05) is 11.9 Å². The molecule has 20 heavy (non-hydrogen) atoms. The molecule has 0 aliphatic carbocycles. The van der Waals surface area contributed by atoms with Crippen molar-refractivity contribution in [3.8, 4) is 0 Å². The van der Waals surface area contributed by atoms with Gasteiger partial charge in [-0.05, 0) is 30.7 Å². The van der Waals surface area contributed by atoms with Crippen molar-refractivity contribution in [3.05, 3.63) is 28.2 Å². The van der Waals surface area contributed by atoms with Gasteiger partial charge in [0.1, 0.15) is 6.04 Å². The smallest absolute Gasteiger partial charge is 0.326 e. The van der Waals surface area contributed by atoms with Crippen molar-refractivity contribution >= 4 is 33.6 Å². The number of nitrogens with one attached hydrogen (secondary N) is 1. The number of hydrogen-bond donors (Lipinski definition) is 3. The first-order valence-corrected chi connectivity index (χ1v) is 6.92. The first-order chi connectivity index (χ1) is 9.38. The lowest BCUT2D eigenvalue weighted by molar-refractivity contribution is -0.141. The van der Waals surface area contributed by atoms with Crippen LogP contribution in [0.15, 0.2) is 22.7 Å². The summed E-state index contributed by atoms with van der Waals surface area (Å²) in [5, 5.41) is 21.2. The van der Waals surface area contributed by atoms with E-state index in [1.165, 1.54) is 0 Å². The van der Waals surface area contributed by atoms with Crippen LogP contribution >= 0.6 is 15.9 Å². The lowest BCUT2D eigenvalue weighted by Crippen LogP contribution is -2.43. The summed E-state index contributed by atoms with van der Waals surface area (Å²) < 4.78 is 0.926. The Morgan fingerprint density at radius 2 is 2.15 bits per heavy atom. The van der Waals surface area contributed by atoms with E-state index in [1.807, 2.05) is 6.92 Å². The quantitative estimate of drug-likeness (QED) is 0.764. The van der Waals surface area contributed by atoms with Crippen LogP contribution in [-0.4, -0.2) is 45.8 Å². The number of aliphatic hydroxyl groups is 1. The molecule has 3 N–H and O–H groups in total. The second kappa shape index (κ2) is 5.80. The summed E-state index contributed by atoms with van der Waals surface area (Å²) in [6.45, 7) is 1.91. The fourth-order valence-corrected chi connectivity index (χ4v) is 2.44. The largest absolute Gasteiger partial charge is 0.480 e. The lowest BCUT2D eigenvalue weighted by atomic mass is 10.2. The Kier molecular flexibility index (Phi) is 4.29. The third-order valence-electron chi connectivity index (χ3n) is 3.23. The number of aliphatic hydroxyl groups excluding tert-OH is 1. The molecular formula is C13H15BrN2O4. The third kappa shape index (κ3) is 3.10. The van der Waals surface area contributed by atoms with Crippen LogP contribution in [0.3, 0.4) is 0 Å². The summed E-state index contributed by atoms with van der Waals surface area (Å²) in [6, 6.07) is 3.80. The summed E-state index contributed by atoms with van der Waals surface area (Å²) >= 11 is 3.36. The molecule has 0 aromatic heterocycles. The Bertz CT molecular complexity index is 549. The van der Waals surface area contributed by atoms with Gasteiger partial charge in [-0.25, -0.2) is 9.59 Å². The third-order valence-corrected chi connectivity index (χ3v) is 4.12. The lowest BCUT2D eigenvalue weighted by Gasteiger charge is -2.21. The molecule has 1 fully saturated rings. The monoisotopic (exact) mass is 342 g/mol. The van der Waals surface area contributed by atoms with Gasteiger partial charge in [-0.2, -0.15) is 0 Å². The molecule has 1 aliphatic heterocycles. The van der Waals surface area contributed by atoms with Crippen LogP contribution in [0, 0.1) is 6.92 Å².